The largest absolute Gasteiger partial charge is 0.376 e. The van der Waals surface area contributed by atoms with Crippen LogP contribution in [0, 0.1) is 0 Å². The molecule has 3 unspecified atom stereocenters. The molecule has 1 rings (SSSR count). The van der Waals surface area contributed by atoms with Crippen molar-refractivity contribution in [1.29, 1.82) is 0 Å². The summed E-state index contributed by atoms with van der Waals surface area (Å²) in [6.07, 6.45) is 2.86. The van der Waals surface area contributed by atoms with Crippen molar-refractivity contribution in [2.24, 2.45) is 5.73 Å². The van der Waals surface area contributed by atoms with Gasteiger partial charge in [-0.1, -0.05) is 12.2 Å². The van der Waals surface area contributed by atoms with Crippen molar-refractivity contribution in [2.75, 3.05) is 26.3 Å². The van der Waals surface area contributed by atoms with Gasteiger partial charge in [0.15, 0.2) is 0 Å². The molecule has 4 nitrogen and oxygen atoms in total. The minimum Gasteiger partial charge on any atom is -0.376 e. The van der Waals surface area contributed by atoms with E-state index in [1.54, 1.807) is 0 Å². The van der Waals surface area contributed by atoms with E-state index in [0.717, 1.165) is 25.0 Å². The molecule has 3 N–H and O–H groups in total. The molecule has 0 bridgehead atoms. The quantitative estimate of drug-likeness (QED) is 0.494. The van der Waals surface area contributed by atoms with Crippen LogP contribution in [0.4, 0.5) is 0 Å². The molecule has 1 fully saturated rings. The van der Waals surface area contributed by atoms with Crippen LogP contribution in [-0.2, 0) is 9.47 Å². The minimum absolute atomic E-state index is 0.244. The Bertz CT molecular complexity index is 233. The van der Waals surface area contributed by atoms with Gasteiger partial charge in [0.2, 0.25) is 0 Å². The van der Waals surface area contributed by atoms with Gasteiger partial charge in [-0.3, -0.25) is 0 Å². The Morgan fingerprint density at radius 2 is 2.35 bits per heavy atom. The summed E-state index contributed by atoms with van der Waals surface area (Å²) in [5.74, 6) is 0. The molecule has 0 aliphatic carbocycles. The van der Waals surface area contributed by atoms with Crippen LogP contribution >= 0.6 is 0 Å². The fourth-order valence-electron chi connectivity index (χ4n) is 2.06. The lowest BCUT2D eigenvalue weighted by Crippen LogP contribution is -2.46. The number of nitrogens with two attached hydrogens (primary N) is 1. The Balaban J connectivity index is 2.12. The van der Waals surface area contributed by atoms with Gasteiger partial charge in [-0.15, -0.1) is 0 Å². The molecule has 0 spiro atoms. The molecule has 4 heteroatoms. The first-order valence-electron chi connectivity index (χ1n) is 6.44. The Morgan fingerprint density at radius 1 is 1.59 bits per heavy atom. The molecule has 1 saturated heterocycles. The van der Waals surface area contributed by atoms with E-state index < -0.39 is 0 Å². The summed E-state index contributed by atoms with van der Waals surface area (Å²) in [4.78, 5) is 0. The molecular weight excluding hydrogens is 216 g/mol. The molecule has 0 aromatic rings. The van der Waals surface area contributed by atoms with Crippen molar-refractivity contribution in [1.82, 2.24) is 5.32 Å². The van der Waals surface area contributed by atoms with Crippen molar-refractivity contribution in [3.8, 4) is 0 Å². The van der Waals surface area contributed by atoms with Crippen molar-refractivity contribution in [3.63, 3.8) is 0 Å². The lowest BCUT2D eigenvalue weighted by atomic mass is 10.1. The molecular formula is C13H26N2O2. The van der Waals surface area contributed by atoms with E-state index in [1.807, 2.05) is 6.92 Å². The highest BCUT2D eigenvalue weighted by Crippen LogP contribution is 2.21. The van der Waals surface area contributed by atoms with Crippen LogP contribution in [0.15, 0.2) is 12.2 Å². The summed E-state index contributed by atoms with van der Waals surface area (Å²) >= 11 is 0. The second kappa shape index (κ2) is 7.82. The highest BCUT2D eigenvalue weighted by molar-refractivity contribution is 4.87. The van der Waals surface area contributed by atoms with Gasteiger partial charge in [0.25, 0.3) is 0 Å². The molecule has 1 heterocycles. The lowest BCUT2D eigenvalue weighted by Gasteiger charge is -2.23. The van der Waals surface area contributed by atoms with Gasteiger partial charge in [0.1, 0.15) is 0 Å². The van der Waals surface area contributed by atoms with Crippen LogP contribution in [0.1, 0.15) is 26.7 Å². The maximum Gasteiger partial charge on any atom is 0.0744 e. The third-order valence-electron chi connectivity index (χ3n) is 2.97. The fraction of sp³-hybridized carbons (Fsp3) is 0.846. The van der Waals surface area contributed by atoms with Crippen LogP contribution < -0.4 is 11.1 Å². The summed E-state index contributed by atoms with van der Waals surface area (Å²) in [5, 5.41) is 3.40. The smallest absolute Gasteiger partial charge is 0.0744 e. The summed E-state index contributed by atoms with van der Waals surface area (Å²) in [5.41, 5.74) is 6.81. The van der Waals surface area contributed by atoms with Crippen molar-refractivity contribution in [3.05, 3.63) is 12.2 Å². The van der Waals surface area contributed by atoms with Gasteiger partial charge in [-0.25, -0.2) is 0 Å². The first-order valence-corrected chi connectivity index (χ1v) is 6.44. The van der Waals surface area contributed by atoms with E-state index in [9.17, 15) is 0 Å². The maximum absolute atomic E-state index is 5.81. The Kier molecular flexibility index (Phi) is 6.73. The Labute approximate surface area is 105 Å². The van der Waals surface area contributed by atoms with E-state index in [1.165, 1.54) is 0 Å². The predicted molar refractivity (Wildman–Crippen MR) is 70.0 cm³/mol. The SMILES string of the molecule is C=C(C)COCCNC(CN)C1CCC(C)O1. The standard InChI is InChI=1S/C13H26N2O2/c1-10(2)9-16-7-6-15-12(8-14)13-5-4-11(3)17-13/h11-13,15H,1,4-9,14H2,2-3H3. The van der Waals surface area contributed by atoms with E-state index >= 15 is 0 Å². The van der Waals surface area contributed by atoms with E-state index in [0.29, 0.717) is 25.9 Å². The van der Waals surface area contributed by atoms with Crippen molar-refractivity contribution >= 4 is 0 Å². The van der Waals surface area contributed by atoms with Gasteiger partial charge in [-0.05, 0) is 26.7 Å². The number of nitrogens with one attached hydrogen (secondary N) is 1. The molecule has 17 heavy (non-hydrogen) atoms. The summed E-state index contributed by atoms with van der Waals surface area (Å²) in [7, 11) is 0. The molecule has 0 radical (unpaired) electrons. The normalized spacial score (nSPS) is 26.1. The summed E-state index contributed by atoms with van der Waals surface area (Å²) in [6.45, 7) is 10.6. The van der Waals surface area contributed by atoms with Crippen LogP contribution in [0.5, 0.6) is 0 Å². The predicted octanol–water partition coefficient (Wildman–Crippen LogP) is 1.06. The molecule has 0 amide bonds. The van der Waals surface area contributed by atoms with Crippen LogP contribution in [0.2, 0.25) is 0 Å². The number of rotatable bonds is 8. The first kappa shape index (κ1) is 14.6. The second-order valence-electron chi connectivity index (χ2n) is 4.87. The molecule has 1 aliphatic heterocycles. The first-order chi connectivity index (χ1) is 8.13. The van der Waals surface area contributed by atoms with Crippen LogP contribution in [0.3, 0.4) is 0 Å². The molecule has 0 aromatic heterocycles. The number of hydrogen-bond acceptors (Lipinski definition) is 4. The third-order valence-corrected chi connectivity index (χ3v) is 2.97. The van der Waals surface area contributed by atoms with Gasteiger partial charge in [0.05, 0.1) is 25.4 Å². The average Bonchev–Trinajstić information content (AvgIpc) is 2.70. The Hall–Kier alpha value is -0.420. The van der Waals surface area contributed by atoms with Gasteiger partial charge < -0.3 is 20.5 Å². The zero-order chi connectivity index (χ0) is 12.7. The lowest BCUT2D eigenvalue weighted by molar-refractivity contribution is 0.0318. The van der Waals surface area contributed by atoms with Gasteiger partial charge in [0, 0.05) is 19.1 Å². The zero-order valence-corrected chi connectivity index (χ0v) is 11.1. The molecule has 0 aromatic carbocycles. The van der Waals surface area contributed by atoms with Gasteiger partial charge >= 0.3 is 0 Å². The number of ether oxygens (including phenoxy) is 2. The van der Waals surface area contributed by atoms with Gasteiger partial charge in [-0.2, -0.15) is 0 Å². The van der Waals surface area contributed by atoms with Crippen LogP contribution in [-0.4, -0.2) is 44.6 Å². The van der Waals surface area contributed by atoms with Crippen LogP contribution in [0.25, 0.3) is 0 Å². The molecule has 3 atom stereocenters. The minimum atomic E-state index is 0.244. The van der Waals surface area contributed by atoms with E-state index in [4.69, 9.17) is 15.2 Å². The summed E-state index contributed by atoms with van der Waals surface area (Å²) in [6, 6.07) is 0.244. The third kappa shape index (κ3) is 5.64. The monoisotopic (exact) mass is 242 g/mol. The molecule has 1 aliphatic rings. The highest BCUT2D eigenvalue weighted by atomic mass is 16.5. The van der Waals surface area contributed by atoms with Crippen molar-refractivity contribution < 1.29 is 9.47 Å². The summed E-state index contributed by atoms with van der Waals surface area (Å²) < 4.78 is 11.2. The van der Waals surface area contributed by atoms with E-state index in [2.05, 4.69) is 18.8 Å². The molecule has 0 saturated carbocycles. The number of hydrogen-bond donors (Lipinski definition) is 2. The fourth-order valence-corrected chi connectivity index (χ4v) is 2.06. The zero-order valence-electron chi connectivity index (χ0n) is 11.1. The Morgan fingerprint density at radius 3 is 2.88 bits per heavy atom. The maximum atomic E-state index is 5.81. The van der Waals surface area contributed by atoms with E-state index in [-0.39, 0.29) is 12.1 Å². The average molecular weight is 242 g/mol. The topological polar surface area (TPSA) is 56.5 Å². The highest BCUT2D eigenvalue weighted by Gasteiger charge is 2.28. The second-order valence-corrected chi connectivity index (χ2v) is 4.87. The molecule has 100 valence electrons. The van der Waals surface area contributed by atoms with Crippen molar-refractivity contribution in [2.45, 2.75) is 44.9 Å².